The summed E-state index contributed by atoms with van der Waals surface area (Å²) in [5.41, 5.74) is -0.310. The fourth-order valence-electron chi connectivity index (χ4n) is 4.16. The SMILES string of the molecule is CC(O)c1ccn2c(NC(=O)c3cc(-c4ccn(C)n4)c(C(F)(F)F)cc3F)c(-c3ccccc3)nc2c1. The Morgan fingerprint density at radius 1 is 1.05 bits per heavy atom. The molecule has 2 aromatic carbocycles. The van der Waals surface area contributed by atoms with E-state index in [1.807, 2.05) is 0 Å². The van der Waals surface area contributed by atoms with Crippen LogP contribution in [0.3, 0.4) is 0 Å². The first kappa shape index (κ1) is 25.2. The van der Waals surface area contributed by atoms with E-state index in [9.17, 15) is 23.1 Å². The zero-order valence-electron chi connectivity index (χ0n) is 20.2. The lowest BCUT2D eigenvalue weighted by atomic mass is 9.99. The molecule has 2 N–H and O–H groups in total. The van der Waals surface area contributed by atoms with E-state index < -0.39 is 40.7 Å². The summed E-state index contributed by atoms with van der Waals surface area (Å²) in [6, 6.07) is 14.7. The Morgan fingerprint density at radius 2 is 1.79 bits per heavy atom. The summed E-state index contributed by atoms with van der Waals surface area (Å²) in [6.45, 7) is 1.60. The topological polar surface area (TPSA) is 84.5 Å². The van der Waals surface area contributed by atoms with Crippen molar-refractivity contribution in [2.75, 3.05) is 5.32 Å². The van der Waals surface area contributed by atoms with Crippen molar-refractivity contribution in [3.8, 4) is 22.5 Å². The van der Waals surface area contributed by atoms with E-state index in [4.69, 9.17) is 0 Å². The highest BCUT2D eigenvalue weighted by molar-refractivity contribution is 6.06. The number of hydrogen-bond acceptors (Lipinski definition) is 4. The van der Waals surface area contributed by atoms with Gasteiger partial charge in [-0.3, -0.25) is 13.9 Å². The fraction of sp³-hybridized carbons (Fsp3) is 0.148. The molecule has 3 aromatic heterocycles. The van der Waals surface area contributed by atoms with E-state index in [1.54, 1.807) is 60.0 Å². The third-order valence-corrected chi connectivity index (χ3v) is 6.06. The molecule has 11 heteroatoms. The van der Waals surface area contributed by atoms with Crippen molar-refractivity contribution in [2.24, 2.45) is 7.05 Å². The third-order valence-electron chi connectivity index (χ3n) is 6.06. The second kappa shape index (κ2) is 9.42. The van der Waals surface area contributed by atoms with Crippen LogP contribution in [0.5, 0.6) is 0 Å². The molecule has 0 spiro atoms. The number of benzene rings is 2. The van der Waals surface area contributed by atoms with Crippen LogP contribution in [0.4, 0.5) is 23.4 Å². The maximum atomic E-state index is 15.0. The number of halogens is 4. The van der Waals surface area contributed by atoms with Gasteiger partial charge >= 0.3 is 6.18 Å². The van der Waals surface area contributed by atoms with Crippen LogP contribution in [0.15, 0.2) is 73.1 Å². The van der Waals surface area contributed by atoms with Crippen molar-refractivity contribution in [3.63, 3.8) is 0 Å². The zero-order valence-corrected chi connectivity index (χ0v) is 20.2. The number of rotatable bonds is 5. The Bertz CT molecular complexity index is 1660. The van der Waals surface area contributed by atoms with Crippen LogP contribution in [0.2, 0.25) is 0 Å². The molecule has 1 amide bonds. The number of imidazole rings is 1. The van der Waals surface area contributed by atoms with Crippen LogP contribution in [-0.4, -0.2) is 30.2 Å². The van der Waals surface area contributed by atoms with Gasteiger partial charge in [0, 0.05) is 30.6 Å². The molecule has 0 saturated carbocycles. The molecule has 5 aromatic rings. The Morgan fingerprint density at radius 3 is 2.42 bits per heavy atom. The lowest BCUT2D eigenvalue weighted by Crippen LogP contribution is -2.18. The van der Waals surface area contributed by atoms with Crippen LogP contribution in [0.1, 0.15) is 34.5 Å². The van der Waals surface area contributed by atoms with Crippen molar-refractivity contribution in [1.29, 1.82) is 0 Å². The molecule has 0 radical (unpaired) electrons. The van der Waals surface area contributed by atoms with E-state index >= 15 is 4.39 Å². The maximum Gasteiger partial charge on any atom is 0.417 e. The normalized spacial score (nSPS) is 12.6. The first-order chi connectivity index (χ1) is 18.0. The molecule has 0 saturated heterocycles. The monoisotopic (exact) mass is 523 g/mol. The molecule has 0 fully saturated rings. The van der Waals surface area contributed by atoms with Crippen LogP contribution in [-0.2, 0) is 13.2 Å². The standard InChI is InChI=1S/C27H21F4N5O2/c1-15(37)17-8-11-36-23(12-17)32-24(16-6-4-3-5-7-16)25(36)33-26(38)19-13-18(22-9-10-35(2)34-22)20(14-21(19)28)27(29,30)31/h3-15,37H,1-2H3,(H,33,38). The third kappa shape index (κ3) is 4.63. The minimum Gasteiger partial charge on any atom is -0.389 e. The van der Waals surface area contributed by atoms with Gasteiger partial charge in [-0.25, -0.2) is 9.37 Å². The number of amides is 1. The molecule has 0 aliphatic heterocycles. The minimum absolute atomic E-state index is 0.0562. The summed E-state index contributed by atoms with van der Waals surface area (Å²) >= 11 is 0. The van der Waals surface area contributed by atoms with E-state index in [1.165, 1.54) is 24.0 Å². The summed E-state index contributed by atoms with van der Waals surface area (Å²) < 4.78 is 59.1. The number of aryl methyl sites for hydroxylation is 1. The number of pyridine rings is 1. The van der Waals surface area contributed by atoms with Gasteiger partial charge in [0.05, 0.1) is 22.9 Å². The van der Waals surface area contributed by atoms with Gasteiger partial charge in [0.1, 0.15) is 23.0 Å². The number of carbonyl (C=O) groups excluding carboxylic acids is 1. The number of nitrogens with zero attached hydrogens (tertiary/aromatic N) is 4. The number of aromatic nitrogens is 4. The number of aliphatic hydroxyl groups excluding tert-OH is 1. The molecule has 7 nitrogen and oxygen atoms in total. The molecular formula is C27H21F4N5O2. The molecule has 5 rings (SSSR count). The van der Waals surface area contributed by atoms with Crippen LogP contribution in [0.25, 0.3) is 28.2 Å². The smallest absolute Gasteiger partial charge is 0.389 e. The van der Waals surface area contributed by atoms with Crippen LogP contribution >= 0.6 is 0 Å². The lowest BCUT2D eigenvalue weighted by molar-refractivity contribution is -0.137. The Labute approximate surface area is 214 Å². The minimum atomic E-state index is -4.87. The van der Waals surface area contributed by atoms with Crippen molar-refractivity contribution in [2.45, 2.75) is 19.2 Å². The second-order valence-corrected chi connectivity index (χ2v) is 8.74. The first-order valence-corrected chi connectivity index (χ1v) is 11.5. The molecule has 38 heavy (non-hydrogen) atoms. The highest BCUT2D eigenvalue weighted by Gasteiger charge is 2.36. The first-order valence-electron chi connectivity index (χ1n) is 11.5. The van der Waals surface area contributed by atoms with Crippen molar-refractivity contribution in [1.82, 2.24) is 19.2 Å². The Kier molecular flexibility index (Phi) is 6.23. The average molecular weight is 523 g/mol. The fourth-order valence-corrected chi connectivity index (χ4v) is 4.16. The molecular weight excluding hydrogens is 502 g/mol. The number of alkyl halides is 3. The van der Waals surface area contributed by atoms with Gasteiger partial charge in [0.25, 0.3) is 5.91 Å². The van der Waals surface area contributed by atoms with Gasteiger partial charge in [-0.15, -0.1) is 0 Å². The van der Waals surface area contributed by atoms with E-state index in [0.717, 1.165) is 6.07 Å². The van der Waals surface area contributed by atoms with Gasteiger partial charge in [-0.2, -0.15) is 18.3 Å². The number of nitrogens with one attached hydrogen (secondary N) is 1. The van der Waals surface area contributed by atoms with Crippen LogP contribution < -0.4 is 5.32 Å². The molecule has 0 aliphatic rings. The molecule has 0 bridgehead atoms. The zero-order chi connectivity index (χ0) is 27.2. The summed E-state index contributed by atoms with van der Waals surface area (Å²) in [5.74, 6) is -2.11. The van der Waals surface area contributed by atoms with E-state index in [2.05, 4.69) is 15.4 Å². The molecule has 3 heterocycles. The number of aliphatic hydroxyl groups is 1. The van der Waals surface area contributed by atoms with Gasteiger partial charge in [0.15, 0.2) is 0 Å². The van der Waals surface area contributed by atoms with E-state index in [0.29, 0.717) is 28.5 Å². The molecule has 0 aliphatic carbocycles. The summed E-state index contributed by atoms with van der Waals surface area (Å²) in [6.07, 6.45) is -2.59. The highest BCUT2D eigenvalue weighted by Crippen LogP contribution is 2.38. The van der Waals surface area contributed by atoms with Crippen LogP contribution in [0, 0.1) is 5.82 Å². The van der Waals surface area contributed by atoms with E-state index in [-0.39, 0.29) is 11.5 Å². The quantitative estimate of drug-likeness (QED) is 0.283. The highest BCUT2D eigenvalue weighted by atomic mass is 19.4. The number of hydrogen-bond donors (Lipinski definition) is 2. The van der Waals surface area contributed by atoms with Gasteiger partial charge < -0.3 is 10.4 Å². The summed E-state index contributed by atoms with van der Waals surface area (Å²) in [4.78, 5) is 17.9. The van der Waals surface area contributed by atoms with Crippen molar-refractivity contribution in [3.05, 3.63) is 95.6 Å². The Balaban J connectivity index is 1.63. The predicted molar refractivity (Wildman–Crippen MR) is 133 cm³/mol. The van der Waals surface area contributed by atoms with Gasteiger partial charge in [-0.05, 0) is 42.8 Å². The van der Waals surface area contributed by atoms with Gasteiger partial charge in [0.2, 0.25) is 0 Å². The van der Waals surface area contributed by atoms with Gasteiger partial charge in [-0.1, -0.05) is 30.3 Å². The molecule has 194 valence electrons. The average Bonchev–Trinajstić information content (AvgIpc) is 3.47. The number of carbonyl (C=O) groups is 1. The Hall–Kier alpha value is -4.51. The largest absolute Gasteiger partial charge is 0.417 e. The number of anilines is 1. The molecule has 1 unspecified atom stereocenters. The van der Waals surface area contributed by atoms with Crippen molar-refractivity contribution >= 4 is 17.4 Å². The predicted octanol–water partition coefficient (Wildman–Crippen LogP) is 5.87. The second-order valence-electron chi connectivity index (χ2n) is 8.74. The maximum absolute atomic E-state index is 15.0. The van der Waals surface area contributed by atoms with Crippen molar-refractivity contribution < 1.29 is 27.5 Å². The lowest BCUT2D eigenvalue weighted by Gasteiger charge is -2.15. The summed E-state index contributed by atoms with van der Waals surface area (Å²) in [5, 5.41) is 16.6. The number of fused-ring (bicyclic) bond motifs is 1. The summed E-state index contributed by atoms with van der Waals surface area (Å²) in [7, 11) is 1.53. The molecule has 1 atom stereocenters.